The molecule has 0 saturated carbocycles. The monoisotopic (exact) mass is 428 g/mol. The summed E-state index contributed by atoms with van der Waals surface area (Å²) in [6, 6.07) is 11.8. The molecule has 1 aromatic carbocycles. The Labute approximate surface area is 177 Å². The lowest BCUT2D eigenvalue weighted by Gasteiger charge is -2.24. The Morgan fingerprint density at radius 3 is 2.72 bits per heavy atom. The van der Waals surface area contributed by atoms with Crippen LogP contribution < -0.4 is 11.1 Å². The highest BCUT2D eigenvalue weighted by atomic mass is 35.5. The molecule has 1 saturated heterocycles. The van der Waals surface area contributed by atoms with Crippen LogP contribution in [0.15, 0.2) is 51.4 Å². The average molecular weight is 429 g/mol. The fraction of sp³-hybridized carbons (Fsp3) is 0.381. The molecule has 2 aliphatic rings. The first-order valence-corrected chi connectivity index (χ1v) is 11.0. The largest absolute Gasteiger partial charge is 0.332 e. The minimum Gasteiger partial charge on any atom is -0.298 e. The second-order valence-electron chi connectivity index (χ2n) is 7.94. The van der Waals surface area contributed by atoms with Gasteiger partial charge >= 0.3 is 11.1 Å². The van der Waals surface area contributed by atoms with E-state index >= 15 is 0 Å². The lowest BCUT2D eigenvalue weighted by Crippen LogP contribution is -2.45. The van der Waals surface area contributed by atoms with Gasteiger partial charge in [-0.3, -0.25) is 19.1 Å². The Morgan fingerprint density at radius 2 is 1.93 bits per heavy atom. The first-order chi connectivity index (χ1) is 14.0. The first kappa shape index (κ1) is 18.8. The maximum absolute atomic E-state index is 12.7. The van der Waals surface area contributed by atoms with E-state index in [2.05, 4.69) is 11.0 Å². The fourth-order valence-corrected chi connectivity index (χ4v) is 5.50. The molecule has 8 heteroatoms. The van der Waals surface area contributed by atoms with Gasteiger partial charge in [-0.05, 0) is 48.5 Å². The fourth-order valence-electron chi connectivity index (χ4n) is 4.60. The van der Waals surface area contributed by atoms with Gasteiger partial charge in [-0.1, -0.05) is 29.8 Å². The molecule has 5 rings (SSSR count). The van der Waals surface area contributed by atoms with Crippen LogP contribution >= 0.6 is 22.9 Å². The van der Waals surface area contributed by atoms with Crippen LogP contribution in [0.4, 0.5) is 0 Å². The van der Waals surface area contributed by atoms with Crippen molar-refractivity contribution in [3.63, 3.8) is 0 Å². The third kappa shape index (κ3) is 3.37. The normalized spacial score (nSPS) is 21.1. The van der Waals surface area contributed by atoms with Gasteiger partial charge in [0.15, 0.2) is 0 Å². The van der Waals surface area contributed by atoms with Crippen LogP contribution in [0.2, 0.25) is 5.02 Å². The maximum atomic E-state index is 12.7. The van der Waals surface area contributed by atoms with Crippen LogP contribution in [-0.2, 0) is 25.0 Å². The second-order valence-corrected chi connectivity index (χ2v) is 9.41. The van der Waals surface area contributed by atoms with Crippen molar-refractivity contribution in [2.75, 3.05) is 13.1 Å². The zero-order valence-electron chi connectivity index (χ0n) is 15.9. The van der Waals surface area contributed by atoms with Gasteiger partial charge in [0.05, 0.1) is 6.54 Å². The third-order valence-electron chi connectivity index (χ3n) is 6.04. The Morgan fingerprint density at radius 1 is 1.07 bits per heavy atom. The number of hydrogen-bond donors (Lipinski definition) is 0. The molecule has 2 aromatic heterocycles. The average Bonchev–Trinajstić information content (AvgIpc) is 3.42. The summed E-state index contributed by atoms with van der Waals surface area (Å²) in [5.41, 5.74) is 0.0353. The van der Waals surface area contributed by atoms with Crippen molar-refractivity contribution in [1.82, 2.24) is 19.2 Å². The van der Waals surface area contributed by atoms with Crippen molar-refractivity contribution in [2.24, 2.45) is 0 Å². The van der Waals surface area contributed by atoms with Crippen molar-refractivity contribution >= 4 is 22.9 Å². The van der Waals surface area contributed by atoms with Crippen LogP contribution in [0.3, 0.4) is 0 Å². The van der Waals surface area contributed by atoms with E-state index in [1.54, 1.807) is 15.9 Å². The number of thiophene rings is 1. The maximum Gasteiger partial charge on any atom is 0.332 e. The smallest absolute Gasteiger partial charge is 0.298 e. The van der Waals surface area contributed by atoms with E-state index in [4.69, 9.17) is 16.7 Å². The van der Waals surface area contributed by atoms with Gasteiger partial charge in [0.25, 0.3) is 0 Å². The highest BCUT2D eigenvalue weighted by Gasteiger charge is 2.47. The van der Waals surface area contributed by atoms with Gasteiger partial charge in [-0.15, -0.1) is 11.3 Å². The SMILES string of the molecule is O=c1c(=O)n2c(nn1Cc1cccs1)[C@@]1(CCN(Cc3cccc(Cl)c3)C1)CC2. The first-order valence-electron chi connectivity index (χ1n) is 9.76. The summed E-state index contributed by atoms with van der Waals surface area (Å²) < 4.78 is 2.96. The van der Waals surface area contributed by atoms with Gasteiger partial charge < -0.3 is 0 Å². The van der Waals surface area contributed by atoms with Crippen molar-refractivity contribution in [1.29, 1.82) is 0 Å². The summed E-state index contributed by atoms with van der Waals surface area (Å²) in [6.07, 6.45) is 1.79. The molecule has 1 fully saturated rings. The Hall–Kier alpha value is -2.22. The van der Waals surface area contributed by atoms with Crippen LogP contribution in [0, 0.1) is 0 Å². The number of fused-ring (bicyclic) bond motifs is 2. The summed E-state index contributed by atoms with van der Waals surface area (Å²) in [5.74, 6) is 0.771. The molecule has 3 aromatic rings. The van der Waals surface area contributed by atoms with Crippen molar-refractivity contribution in [3.8, 4) is 0 Å². The Bertz CT molecular complexity index is 1170. The molecule has 0 aliphatic carbocycles. The molecule has 2 aliphatic heterocycles. The van der Waals surface area contributed by atoms with Crippen LogP contribution in [0.5, 0.6) is 0 Å². The van der Waals surface area contributed by atoms with E-state index in [9.17, 15) is 9.59 Å². The zero-order valence-corrected chi connectivity index (χ0v) is 17.5. The number of likely N-dealkylation sites (tertiary alicyclic amines) is 1. The molecule has 4 heterocycles. The molecule has 0 amide bonds. The zero-order chi connectivity index (χ0) is 20.0. The summed E-state index contributed by atoms with van der Waals surface area (Å²) in [6.45, 7) is 3.51. The molecule has 29 heavy (non-hydrogen) atoms. The molecular weight excluding hydrogens is 408 g/mol. The molecule has 1 spiro atoms. The molecular formula is C21H21ClN4O2S. The highest BCUT2D eigenvalue weighted by Crippen LogP contribution is 2.40. The molecule has 0 radical (unpaired) electrons. The van der Waals surface area contributed by atoms with Gasteiger partial charge in [0.1, 0.15) is 5.82 Å². The number of hydrogen-bond acceptors (Lipinski definition) is 5. The molecule has 0 N–H and O–H groups in total. The van der Waals surface area contributed by atoms with E-state index in [1.807, 2.05) is 35.7 Å². The minimum atomic E-state index is -0.534. The van der Waals surface area contributed by atoms with E-state index in [1.165, 1.54) is 10.2 Å². The van der Waals surface area contributed by atoms with Crippen LogP contribution in [0.1, 0.15) is 29.1 Å². The number of benzene rings is 1. The molecule has 6 nitrogen and oxygen atoms in total. The molecule has 0 bridgehead atoms. The van der Waals surface area contributed by atoms with E-state index in [-0.39, 0.29) is 5.41 Å². The molecule has 150 valence electrons. The quantitative estimate of drug-likeness (QED) is 0.599. The highest BCUT2D eigenvalue weighted by molar-refractivity contribution is 7.09. The minimum absolute atomic E-state index is 0.164. The van der Waals surface area contributed by atoms with Gasteiger partial charge in [-0.25, -0.2) is 4.68 Å². The van der Waals surface area contributed by atoms with Crippen molar-refractivity contribution in [2.45, 2.75) is 37.9 Å². The standard InChI is InChI=1S/C21H21ClN4O2S/c22-16-4-1-3-15(11-16)12-24-8-6-21(14-24)7-9-25-18(27)19(28)26(23-20(21)25)13-17-5-2-10-29-17/h1-5,10-11H,6-9,12-14H2/t21-/m0/s1. The summed E-state index contributed by atoms with van der Waals surface area (Å²) in [5, 5.41) is 7.41. The number of aromatic nitrogens is 3. The Kier molecular flexibility index (Phi) is 4.69. The number of rotatable bonds is 4. The third-order valence-corrected chi connectivity index (χ3v) is 7.13. The second kappa shape index (κ2) is 7.23. The predicted molar refractivity (Wildman–Crippen MR) is 114 cm³/mol. The number of nitrogens with zero attached hydrogens (tertiary/aromatic N) is 4. The van der Waals surface area contributed by atoms with Gasteiger partial charge in [-0.2, -0.15) is 5.10 Å². The summed E-state index contributed by atoms with van der Waals surface area (Å²) in [4.78, 5) is 28.7. The van der Waals surface area contributed by atoms with E-state index < -0.39 is 11.1 Å². The summed E-state index contributed by atoms with van der Waals surface area (Å²) in [7, 11) is 0. The molecule has 0 unspecified atom stereocenters. The van der Waals surface area contributed by atoms with Gasteiger partial charge in [0, 0.05) is 34.9 Å². The number of halogens is 1. The Balaban J connectivity index is 1.45. The summed E-state index contributed by atoms with van der Waals surface area (Å²) >= 11 is 7.69. The van der Waals surface area contributed by atoms with E-state index in [0.29, 0.717) is 13.1 Å². The van der Waals surface area contributed by atoms with Crippen LogP contribution in [0.25, 0.3) is 0 Å². The van der Waals surface area contributed by atoms with Crippen LogP contribution in [-0.4, -0.2) is 32.3 Å². The molecule has 1 atom stereocenters. The topological polar surface area (TPSA) is 60.1 Å². The lowest BCUT2D eigenvalue weighted by molar-refractivity contribution is 0.298. The van der Waals surface area contributed by atoms with Crippen molar-refractivity contribution in [3.05, 3.63) is 83.8 Å². The predicted octanol–water partition coefficient (Wildman–Crippen LogP) is 2.72. The van der Waals surface area contributed by atoms with E-state index in [0.717, 1.165) is 48.2 Å². The lowest BCUT2D eigenvalue weighted by atomic mass is 9.85. The van der Waals surface area contributed by atoms with Crippen molar-refractivity contribution < 1.29 is 0 Å². The van der Waals surface area contributed by atoms with Gasteiger partial charge in [0.2, 0.25) is 0 Å².